The number of carbonyl (C=O) groups is 2. The largest absolute Gasteiger partial charge is 0.480 e. The Bertz CT molecular complexity index is 398. The Balaban J connectivity index is 1.73. The van der Waals surface area contributed by atoms with Crippen LogP contribution in [0.15, 0.2) is 0 Å². The minimum absolute atomic E-state index is 0.00598. The smallest absolute Gasteiger partial charge is 0.326 e. The van der Waals surface area contributed by atoms with Gasteiger partial charge in [-0.15, -0.1) is 0 Å². The molecule has 106 valence electrons. The molecule has 0 spiro atoms. The number of amides is 1. The van der Waals surface area contributed by atoms with Gasteiger partial charge in [0, 0.05) is 20.1 Å². The fourth-order valence-electron chi connectivity index (χ4n) is 3.56. The predicted molar refractivity (Wildman–Crippen MR) is 64.6 cm³/mol. The lowest BCUT2D eigenvalue weighted by Gasteiger charge is -2.27. The number of carbonyl (C=O) groups excluding carboxylic acids is 1. The zero-order valence-electron chi connectivity index (χ0n) is 10.9. The van der Waals surface area contributed by atoms with Gasteiger partial charge in [-0.1, -0.05) is 0 Å². The number of fused-ring (bicyclic) bond motifs is 2. The molecule has 3 heterocycles. The maximum absolute atomic E-state index is 12.5. The van der Waals surface area contributed by atoms with Gasteiger partial charge in [0.1, 0.15) is 6.04 Å². The maximum Gasteiger partial charge on any atom is 0.326 e. The Morgan fingerprint density at radius 1 is 1.32 bits per heavy atom. The summed E-state index contributed by atoms with van der Waals surface area (Å²) in [4.78, 5) is 25.3. The molecule has 3 saturated heterocycles. The van der Waals surface area contributed by atoms with Crippen molar-refractivity contribution < 1.29 is 24.2 Å². The number of rotatable bonds is 3. The highest BCUT2D eigenvalue weighted by molar-refractivity contribution is 5.86. The topological polar surface area (TPSA) is 76.1 Å². The third kappa shape index (κ3) is 2.12. The van der Waals surface area contributed by atoms with E-state index in [4.69, 9.17) is 9.47 Å². The van der Waals surface area contributed by atoms with Gasteiger partial charge in [0.25, 0.3) is 0 Å². The Hall–Kier alpha value is -1.14. The Kier molecular flexibility index (Phi) is 3.22. The predicted octanol–water partition coefficient (Wildman–Crippen LogP) is 0.254. The number of hydrogen-bond acceptors (Lipinski definition) is 4. The summed E-state index contributed by atoms with van der Waals surface area (Å²) < 4.78 is 10.9. The number of ether oxygens (including phenoxy) is 2. The number of aliphatic carboxylic acids is 1. The van der Waals surface area contributed by atoms with E-state index in [1.165, 1.54) is 4.90 Å². The molecule has 0 aromatic rings. The van der Waals surface area contributed by atoms with Crippen molar-refractivity contribution in [3.05, 3.63) is 0 Å². The third-order valence-electron chi connectivity index (χ3n) is 4.59. The number of nitrogens with zero attached hydrogens (tertiary/aromatic N) is 1. The molecule has 19 heavy (non-hydrogen) atoms. The van der Waals surface area contributed by atoms with Crippen LogP contribution in [0.5, 0.6) is 0 Å². The van der Waals surface area contributed by atoms with Gasteiger partial charge in [-0.25, -0.2) is 4.79 Å². The highest BCUT2D eigenvalue weighted by Crippen LogP contribution is 2.40. The van der Waals surface area contributed by atoms with E-state index >= 15 is 0 Å². The summed E-state index contributed by atoms with van der Waals surface area (Å²) >= 11 is 0. The van der Waals surface area contributed by atoms with E-state index in [0.29, 0.717) is 13.0 Å². The van der Waals surface area contributed by atoms with Gasteiger partial charge in [0.15, 0.2) is 0 Å². The third-order valence-corrected chi connectivity index (χ3v) is 4.59. The lowest BCUT2D eigenvalue weighted by Crippen LogP contribution is -2.45. The first-order chi connectivity index (χ1) is 9.10. The Labute approximate surface area is 111 Å². The summed E-state index contributed by atoms with van der Waals surface area (Å²) in [5.41, 5.74) is 0. The number of methoxy groups -OCH3 is 1. The van der Waals surface area contributed by atoms with Crippen molar-refractivity contribution in [1.29, 1.82) is 0 Å². The standard InChI is InChI=1S/C13H19NO5/c1-18-8-5-10(13(16)17)14(6-8)12(15)9-4-7-2-3-11(9)19-7/h7-11H,2-6H2,1H3,(H,16,17). The second-order valence-corrected chi connectivity index (χ2v) is 5.65. The summed E-state index contributed by atoms with van der Waals surface area (Å²) in [5.74, 6) is -1.17. The Morgan fingerprint density at radius 3 is 2.63 bits per heavy atom. The van der Waals surface area contributed by atoms with Crippen LogP contribution in [-0.2, 0) is 19.1 Å². The van der Waals surface area contributed by atoms with E-state index in [1.807, 2.05) is 0 Å². The highest BCUT2D eigenvalue weighted by atomic mass is 16.5. The van der Waals surface area contributed by atoms with Crippen LogP contribution >= 0.6 is 0 Å². The summed E-state index contributed by atoms with van der Waals surface area (Å²) in [7, 11) is 1.55. The number of carboxylic acids is 1. The monoisotopic (exact) mass is 269 g/mol. The first kappa shape index (κ1) is 12.9. The average molecular weight is 269 g/mol. The molecule has 0 aliphatic carbocycles. The highest BCUT2D eigenvalue weighted by Gasteiger charge is 2.49. The van der Waals surface area contributed by atoms with Crippen molar-refractivity contribution in [1.82, 2.24) is 4.90 Å². The molecular formula is C13H19NO5. The van der Waals surface area contributed by atoms with Gasteiger partial charge in [-0.3, -0.25) is 4.79 Å². The molecule has 3 aliphatic heterocycles. The molecule has 5 unspecified atom stereocenters. The fourth-order valence-corrected chi connectivity index (χ4v) is 3.56. The Morgan fingerprint density at radius 2 is 2.11 bits per heavy atom. The van der Waals surface area contributed by atoms with Crippen molar-refractivity contribution >= 4 is 11.9 Å². The minimum Gasteiger partial charge on any atom is -0.480 e. The molecule has 5 atom stereocenters. The van der Waals surface area contributed by atoms with Gasteiger partial charge in [0.2, 0.25) is 5.91 Å². The normalized spacial score (nSPS) is 40.9. The minimum atomic E-state index is -0.947. The van der Waals surface area contributed by atoms with Gasteiger partial charge in [-0.2, -0.15) is 0 Å². The first-order valence-corrected chi connectivity index (χ1v) is 6.81. The van der Waals surface area contributed by atoms with Crippen LogP contribution in [0.4, 0.5) is 0 Å². The number of likely N-dealkylation sites (tertiary alicyclic amines) is 1. The van der Waals surface area contributed by atoms with Crippen molar-refractivity contribution in [2.45, 2.75) is 50.0 Å². The SMILES string of the molecule is COC1CC(C(=O)O)N(C(=O)C2CC3CCC2O3)C1. The summed E-state index contributed by atoms with van der Waals surface area (Å²) in [5, 5.41) is 9.24. The van der Waals surface area contributed by atoms with E-state index < -0.39 is 12.0 Å². The van der Waals surface area contributed by atoms with E-state index in [1.54, 1.807) is 7.11 Å². The van der Waals surface area contributed by atoms with Crippen LogP contribution in [0.25, 0.3) is 0 Å². The van der Waals surface area contributed by atoms with Crippen molar-refractivity contribution in [2.75, 3.05) is 13.7 Å². The molecular weight excluding hydrogens is 250 g/mol. The quantitative estimate of drug-likeness (QED) is 0.795. The second-order valence-electron chi connectivity index (χ2n) is 5.65. The molecule has 3 aliphatic rings. The zero-order valence-corrected chi connectivity index (χ0v) is 10.9. The summed E-state index contributed by atoms with van der Waals surface area (Å²) in [6, 6.07) is -0.753. The van der Waals surface area contributed by atoms with Crippen LogP contribution in [0.2, 0.25) is 0 Å². The second kappa shape index (κ2) is 4.76. The first-order valence-electron chi connectivity index (χ1n) is 6.81. The molecule has 1 amide bonds. The fraction of sp³-hybridized carbons (Fsp3) is 0.846. The van der Waals surface area contributed by atoms with Crippen LogP contribution in [0, 0.1) is 5.92 Å². The van der Waals surface area contributed by atoms with Gasteiger partial charge in [-0.05, 0) is 19.3 Å². The maximum atomic E-state index is 12.5. The molecule has 3 fully saturated rings. The van der Waals surface area contributed by atoms with E-state index in [2.05, 4.69) is 0 Å². The molecule has 0 aromatic carbocycles. The lowest BCUT2D eigenvalue weighted by atomic mass is 9.88. The van der Waals surface area contributed by atoms with E-state index in [-0.39, 0.29) is 30.1 Å². The molecule has 0 saturated carbocycles. The molecule has 3 rings (SSSR count). The summed E-state index contributed by atoms with van der Waals surface area (Å²) in [6.45, 7) is 0.375. The summed E-state index contributed by atoms with van der Waals surface area (Å²) in [6.07, 6.45) is 3.07. The molecule has 2 bridgehead atoms. The molecule has 1 N–H and O–H groups in total. The van der Waals surface area contributed by atoms with Crippen LogP contribution in [0.3, 0.4) is 0 Å². The van der Waals surface area contributed by atoms with Crippen molar-refractivity contribution in [3.8, 4) is 0 Å². The lowest BCUT2D eigenvalue weighted by molar-refractivity contribution is -0.150. The van der Waals surface area contributed by atoms with Gasteiger partial charge < -0.3 is 19.5 Å². The molecule has 0 radical (unpaired) electrons. The molecule has 6 heteroatoms. The molecule has 6 nitrogen and oxygen atoms in total. The van der Waals surface area contributed by atoms with Crippen LogP contribution < -0.4 is 0 Å². The number of hydrogen-bond donors (Lipinski definition) is 1. The van der Waals surface area contributed by atoms with Gasteiger partial charge in [0.05, 0.1) is 24.2 Å². The average Bonchev–Trinajstić information content (AvgIpc) is 3.11. The number of carboxylic acid groups (broad SMARTS) is 1. The van der Waals surface area contributed by atoms with Crippen LogP contribution in [-0.4, -0.2) is 59.9 Å². The van der Waals surface area contributed by atoms with E-state index in [0.717, 1.165) is 19.3 Å². The van der Waals surface area contributed by atoms with Crippen molar-refractivity contribution in [3.63, 3.8) is 0 Å². The zero-order chi connectivity index (χ0) is 13.6. The van der Waals surface area contributed by atoms with Gasteiger partial charge >= 0.3 is 5.97 Å². The molecule has 0 aromatic heterocycles. The van der Waals surface area contributed by atoms with Crippen LogP contribution in [0.1, 0.15) is 25.7 Å². The van der Waals surface area contributed by atoms with E-state index in [9.17, 15) is 14.7 Å². The van der Waals surface area contributed by atoms with Crippen molar-refractivity contribution in [2.24, 2.45) is 5.92 Å².